The molecule has 1 N–H and O–H groups in total. The van der Waals surface area contributed by atoms with Crippen molar-refractivity contribution in [3.8, 4) is 0 Å². The number of alkyl halides is 6. The van der Waals surface area contributed by atoms with Crippen LogP contribution in [0.5, 0.6) is 0 Å². The summed E-state index contributed by atoms with van der Waals surface area (Å²) < 4.78 is 72.2. The Hall–Kier alpha value is -1.41. The molecule has 0 aliphatic rings. The third kappa shape index (κ3) is 6.63. The highest BCUT2D eigenvalue weighted by Crippen LogP contribution is 2.19. The zero-order valence-electron chi connectivity index (χ0n) is 6.82. The highest BCUT2D eigenvalue weighted by Gasteiger charge is 2.37. The van der Waals surface area contributed by atoms with Crippen molar-refractivity contribution < 1.29 is 41.0 Å². The number of ether oxygens (including phenoxy) is 1. The first-order valence-electron chi connectivity index (χ1n) is 3.24. The maximum Gasteiger partial charge on any atom is 0.454 e. The lowest BCUT2D eigenvalue weighted by molar-refractivity contribution is -0.175. The van der Waals surface area contributed by atoms with E-state index in [0.717, 1.165) is 0 Å². The molecule has 0 radical (unpaired) electrons. The van der Waals surface area contributed by atoms with E-state index in [1.165, 1.54) is 0 Å². The third-order valence-corrected chi connectivity index (χ3v) is 0.918. The highest BCUT2D eigenvalue weighted by atomic mass is 19.4. The van der Waals surface area contributed by atoms with E-state index in [9.17, 15) is 31.1 Å². The summed E-state index contributed by atoms with van der Waals surface area (Å²) in [7, 11) is 0. The largest absolute Gasteiger partial charge is 0.481 e. The van der Waals surface area contributed by atoms with Crippen LogP contribution in [-0.2, 0) is 9.53 Å². The van der Waals surface area contributed by atoms with Gasteiger partial charge in [0.15, 0.2) is 6.61 Å². The molecular formula is C6H4F6O3. The molecule has 0 saturated carbocycles. The first-order chi connectivity index (χ1) is 6.52. The molecule has 0 heterocycles. The Morgan fingerprint density at radius 1 is 1.20 bits per heavy atom. The van der Waals surface area contributed by atoms with Gasteiger partial charge in [-0.25, -0.2) is 0 Å². The average molecular weight is 238 g/mol. The molecule has 88 valence electrons. The lowest BCUT2D eigenvalue weighted by Gasteiger charge is -2.07. The fourth-order valence-corrected chi connectivity index (χ4v) is 0.391. The Morgan fingerprint density at radius 3 is 2.00 bits per heavy atom. The number of aliphatic hydroxyl groups excluding tert-OH is 1. The van der Waals surface area contributed by atoms with Crippen LogP contribution >= 0.6 is 0 Å². The van der Waals surface area contributed by atoms with E-state index in [1.807, 2.05) is 0 Å². The van der Waals surface area contributed by atoms with E-state index in [1.54, 1.807) is 0 Å². The number of ketones is 1. The molecule has 0 fully saturated rings. The van der Waals surface area contributed by atoms with E-state index >= 15 is 0 Å². The first kappa shape index (κ1) is 13.6. The van der Waals surface area contributed by atoms with Gasteiger partial charge in [-0.05, 0) is 0 Å². The maximum atomic E-state index is 11.5. The minimum Gasteiger partial charge on any atom is -0.481 e. The SMILES string of the molecule is O=C(/C=C(\O)OCC(F)(F)F)C(F)(F)F. The van der Waals surface area contributed by atoms with E-state index < -0.39 is 36.8 Å². The number of carbonyl (C=O) groups excluding carboxylic acids is 1. The van der Waals surface area contributed by atoms with E-state index in [2.05, 4.69) is 4.74 Å². The second kappa shape index (κ2) is 4.41. The Labute approximate surface area is 78.9 Å². The summed E-state index contributed by atoms with van der Waals surface area (Å²) in [6.45, 7) is -1.99. The van der Waals surface area contributed by atoms with E-state index in [-0.39, 0.29) is 0 Å². The molecule has 3 nitrogen and oxygen atoms in total. The summed E-state index contributed by atoms with van der Waals surface area (Å²) in [6.07, 6.45) is -10.6. The Morgan fingerprint density at radius 2 is 1.67 bits per heavy atom. The Bertz CT molecular complexity index is 263. The molecule has 0 aromatic carbocycles. The van der Waals surface area contributed by atoms with Crippen molar-refractivity contribution in [2.75, 3.05) is 6.61 Å². The van der Waals surface area contributed by atoms with Crippen LogP contribution in [0, 0.1) is 0 Å². The molecule has 0 unspecified atom stereocenters. The van der Waals surface area contributed by atoms with Gasteiger partial charge in [0.05, 0.1) is 6.08 Å². The van der Waals surface area contributed by atoms with Crippen molar-refractivity contribution in [1.29, 1.82) is 0 Å². The molecule has 15 heavy (non-hydrogen) atoms. The van der Waals surface area contributed by atoms with Crippen molar-refractivity contribution in [3.63, 3.8) is 0 Å². The molecule has 0 rings (SSSR count). The second-order valence-electron chi connectivity index (χ2n) is 2.25. The van der Waals surface area contributed by atoms with Crippen LogP contribution in [0.3, 0.4) is 0 Å². The number of carbonyl (C=O) groups is 1. The summed E-state index contributed by atoms with van der Waals surface area (Å²) in [5.41, 5.74) is 0. The molecule has 9 heteroatoms. The third-order valence-electron chi connectivity index (χ3n) is 0.918. The van der Waals surface area contributed by atoms with E-state index in [0.29, 0.717) is 0 Å². The van der Waals surface area contributed by atoms with Crippen LogP contribution < -0.4 is 0 Å². The molecular weight excluding hydrogens is 234 g/mol. The number of rotatable bonds is 3. The molecule has 0 aliphatic carbocycles. The Balaban J connectivity index is 4.28. The summed E-state index contributed by atoms with van der Waals surface area (Å²) in [5.74, 6) is -4.25. The summed E-state index contributed by atoms with van der Waals surface area (Å²) in [4.78, 5) is 10.1. The highest BCUT2D eigenvalue weighted by molar-refractivity contribution is 5.94. The van der Waals surface area contributed by atoms with Crippen LogP contribution in [0.15, 0.2) is 12.0 Å². The van der Waals surface area contributed by atoms with Gasteiger partial charge < -0.3 is 9.84 Å². The lowest BCUT2D eigenvalue weighted by Crippen LogP contribution is -2.22. The van der Waals surface area contributed by atoms with Gasteiger partial charge in [-0.2, -0.15) is 26.3 Å². The summed E-state index contributed by atoms with van der Waals surface area (Å²) >= 11 is 0. The molecule has 0 atom stereocenters. The fraction of sp³-hybridized carbons (Fsp3) is 0.500. The predicted molar refractivity (Wildman–Crippen MR) is 33.8 cm³/mol. The van der Waals surface area contributed by atoms with Crippen LogP contribution in [0.2, 0.25) is 0 Å². The molecule has 0 spiro atoms. The maximum absolute atomic E-state index is 11.5. The van der Waals surface area contributed by atoms with Crippen molar-refractivity contribution in [3.05, 3.63) is 12.0 Å². The molecule has 0 aromatic heterocycles. The molecule has 0 amide bonds. The van der Waals surface area contributed by atoms with Gasteiger partial charge in [-0.3, -0.25) is 4.79 Å². The van der Waals surface area contributed by atoms with Crippen LogP contribution in [0.1, 0.15) is 0 Å². The van der Waals surface area contributed by atoms with Crippen molar-refractivity contribution in [2.24, 2.45) is 0 Å². The summed E-state index contributed by atoms with van der Waals surface area (Å²) in [5, 5.41) is 8.36. The molecule has 0 aromatic rings. The number of aliphatic hydroxyl groups is 1. The van der Waals surface area contributed by atoms with Crippen LogP contribution in [0.4, 0.5) is 26.3 Å². The van der Waals surface area contributed by atoms with Crippen molar-refractivity contribution >= 4 is 5.78 Å². The average Bonchev–Trinajstić information content (AvgIpc) is 1.97. The second-order valence-corrected chi connectivity index (χ2v) is 2.25. The van der Waals surface area contributed by atoms with Crippen molar-refractivity contribution in [2.45, 2.75) is 12.4 Å². The zero-order valence-corrected chi connectivity index (χ0v) is 6.82. The monoisotopic (exact) mass is 238 g/mol. The normalized spacial score (nSPS) is 13.9. The lowest BCUT2D eigenvalue weighted by atomic mass is 10.4. The van der Waals surface area contributed by atoms with Gasteiger partial charge in [-0.15, -0.1) is 0 Å². The molecule has 0 bridgehead atoms. The van der Waals surface area contributed by atoms with Crippen LogP contribution in [0.25, 0.3) is 0 Å². The van der Waals surface area contributed by atoms with Gasteiger partial charge in [-0.1, -0.05) is 0 Å². The van der Waals surface area contributed by atoms with Crippen molar-refractivity contribution in [1.82, 2.24) is 0 Å². The predicted octanol–water partition coefficient (Wildman–Crippen LogP) is 2.10. The minimum atomic E-state index is -5.27. The van der Waals surface area contributed by atoms with Gasteiger partial charge in [0, 0.05) is 0 Å². The fourth-order valence-electron chi connectivity index (χ4n) is 0.391. The number of allylic oxidation sites excluding steroid dienone is 1. The van der Waals surface area contributed by atoms with Gasteiger partial charge in [0.1, 0.15) is 0 Å². The topological polar surface area (TPSA) is 46.5 Å². The minimum absolute atomic E-state index is 0.480. The van der Waals surface area contributed by atoms with Gasteiger partial charge >= 0.3 is 12.4 Å². The molecule has 0 aliphatic heterocycles. The zero-order chi connectivity index (χ0) is 12.3. The first-order valence-corrected chi connectivity index (χ1v) is 3.24. The van der Waals surface area contributed by atoms with E-state index in [4.69, 9.17) is 5.11 Å². The number of hydrogen-bond acceptors (Lipinski definition) is 3. The van der Waals surface area contributed by atoms with Gasteiger partial charge in [0.2, 0.25) is 0 Å². The van der Waals surface area contributed by atoms with Crippen LogP contribution in [-0.4, -0.2) is 29.8 Å². The molecule has 0 saturated heterocycles. The number of hydrogen-bond donors (Lipinski definition) is 1. The Kier molecular flexibility index (Phi) is 3.99. The quantitative estimate of drug-likeness (QED) is 0.465. The standard InChI is InChI=1S/C6H4F6O3/c7-5(8,9)2-15-4(14)1-3(13)6(10,11)12/h1,14H,2H2/b4-1+. The van der Waals surface area contributed by atoms with Gasteiger partial charge in [0.25, 0.3) is 11.7 Å². The number of halogens is 6. The smallest absolute Gasteiger partial charge is 0.454 e. The summed E-state index contributed by atoms with van der Waals surface area (Å²) in [6, 6.07) is 0.